The first kappa shape index (κ1) is 17.7. The van der Waals surface area contributed by atoms with Crippen molar-refractivity contribution in [1.29, 1.82) is 0 Å². The lowest BCUT2D eigenvalue weighted by molar-refractivity contribution is -0.384. The molecule has 7 nitrogen and oxygen atoms in total. The summed E-state index contributed by atoms with van der Waals surface area (Å²) in [5.74, 6) is -0.389. The van der Waals surface area contributed by atoms with Gasteiger partial charge < -0.3 is 5.32 Å². The lowest BCUT2D eigenvalue weighted by Gasteiger charge is -2.00. The molecule has 0 saturated heterocycles. The molecule has 2 aromatic carbocycles. The summed E-state index contributed by atoms with van der Waals surface area (Å²) in [5.41, 5.74) is 1.16. The molecule has 0 aliphatic rings. The maximum absolute atomic E-state index is 12.2. The Kier molecular flexibility index (Phi) is 5.35. The summed E-state index contributed by atoms with van der Waals surface area (Å²) in [6.45, 7) is 0. The molecule has 1 amide bonds. The first-order chi connectivity index (χ1) is 12.5. The average Bonchev–Trinajstić information content (AvgIpc) is 3.13. The highest BCUT2D eigenvalue weighted by molar-refractivity contribution is 7.15. The summed E-state index contributed by atoms with van der Waals surface area (Å²) in [4.78, 5) is 22.5. The van der Waals surface area contributed by atoms with Crippen molar-refractivity contribution in [3.8, 4) is 0 Å². The van der Waals surface area contributed by atoms with Gasteiger partial charge in [-0.1, -0.05) is 53.3 Å². The quantitative estimate of drug-likeness (QED) is 0.516. The highest BCUT2D eigenvalue weighted by atomic mass is 35.5. The van der Waals surface area contributed by atoms with E-state index in [1.165, 1.54) is 18.2 Å². The van der Waals surface area contributed by atoms with E-state index in [0.717, 1.165) is 11.3 Å². The van der Waals surface area contributed by atoms with Crippen molar-refractivity contribution in [3.63, 3.8) is 0 Å². The molecular formula is C17H11ClN4O3S. The fourth-order valence-corrected chi connectivity index (χ4v) is 2.98. The van der Waals surface area contributed by atoms with E-state index in [2.05, 4.69) is 15.5 Å². The van der Waals surface area contributed by atoms with Gasteiger partial charge in [-0.25, -0.2) is 0 Å². The number of benzene rings is 2. The van der Waals surface area contributed by atoms with Gasteiger partial charge in [0.2, 0.25) is 5.01 Å². The van der Waals surface area contributed by atoms with Crippen LogP contribution in [0, 0.1) is 10.1 Å². The third kappa shape index (κ3) is 4.29. The number of rotatable bonds is 5. The van der Waals surface area contributed by atoms with Crippen molar-refractivity contribution in [3.05, 3.63) is 80.3 Å². The van der Waals surface area contributed by atoms with E-state index in [0.29, 0.717) is 16.3 Å². The molecule has 0 aliphatic heterocycles. The Bertz CT molecular complexity index is 988. The topological polar surface area (TPSA) is 98.0 Å². The zero-order chi connectivity index (χ0) is 18.5. The zero-order valence-corrected chi connectivity index (χ0v) is 14.7. The molecule has 26 heavy (non-hydrogen) atoms. The minimum absolute atomic E-state index is 0.0385. The summed E-state index contributed by atoms with van der Waals surface area (Å²) >= 11 is 7.25. The van der Waals surface area contributed by atoms with Crippen LogP contribution in [0.4, 0.5) is 11.4 Å². The molecule has 0 unspecified atom stereocenters. The Balaban J connectivity index is 1.77. The molecule has 0 spiro atoms. The highest BCUT2D eigenvalue weighted by Crippen LogP contribution is 2.26. The van der Waals surface area contributed by atoms with Crippen LogP contribution < -0.4 is 5.32 Å². The van der Waals surface area contributed by atoms with Crippen LogP contribution in [0.25, 0.3) is 11.1 Å². The molecule has 0 radical (unpaired) electrons. The molecule has 0 aliphatic carbocycles. The van der Waals surface area contributed by atoms with Gasteiger partial charge in [-0.15, -0.1) is 10.2 Å². The Morgan fingerprint density at radius 3 is 2.58 bits per heavy atom. The summed E-state index contributed by atoms with van der Waals surface area (Å²) in [6, 6.07) is 15.0. The monoisotopic (exact) mass is 386 g/mol. The second-order valence-corrected chi connectivity index (χ2v) is 6.46. The SMILES string of the molecule is O=C(Nc1ccccc1)c1nnc(/C(Cl)=C\c2cccc([N+](=O)[O-])c2)s1. The second-order valence-electron chi connectivity index (χ2n) is 5.08. The maximum atomic E-state index is 12.2. The molecule has 0 atom stereocenters. The number of nitrogens with zero attached hydrogens (tertiary/aromatic N) is 3. The van der Waals surface area contributed by atoms with Gasteiger partial charge in [-0.3, -0.25) is 14.9 Å². The van der Waals surface area contributed by atoms with E-state index in [1.54, 1.807) is 36.4 Å². The number of halogens is 1. The van der Waals surface area contributed by atoms with Crippen LogP contribution in [0.3, 0.4) is 0 Å². The Morgan fingerprint density at radius 1 is 1.12 bits per heavy atom. The largest absolute Gasteiger partial charge is 0.320 e. The number of hydrogen-bond acceptors (Lipinski definition) is 6. The average molecular weight is 387 g/mol. The summed E-state index contributed by atoms with van der Waals surface area (Å²) in [6.07, 6.45) is 1.54. The van der Waals surface area contributed by atoms with Crippen molar-refractivity contribution < 1.29 is 9.72 Å². The van der Waals surface area contributed by atoms with E-state index in [1.807, 2.05) is 6.07 Å². The molecule has 130 valence electrons. The first-order valence-corrected chi connectivity index (χ1v) is 8.54. The fraction of sp³-hybridized carbons (Fsp3) is 0. The number of hydrogen-bond donors (Lipinski definition) is 1. The van der Waals surface area contributed by atoms with Crippen LogP contribution in [-0.4, -0.2) is 21.0 Å². The number of nitro benzene ring substituents is 1. The standard InChI is InChI=1S/C17H11ClN4O3S/c18-14(10-11-5-4-8-13(9-11)22(24)25)16-20-21-17(26-16)15(23)19-12-6-2-1-3-7-12/h1-10H,(H,19,23)/b14-10+. The van der Waals surface area contributed by atoms with Crippen molar-refractivity contribution in [1.82, 2.24) is 10.2 Å². The van der Waals surface area contributed by atoms with Crippen LogP contribution in [-0.2, 0) is 0 Å². The maximum Gasteiger partial charge on any atom is 0.286 e. The minimum atomic E-state index is -0.484. The van der Waals surface area contributed by atoms with Crippen LogP contribution in [0.15, 0.2) is 54.6 Å². The van der Waals surface area contributed by atoms with Gasteiger partial charge in [0.15, 0.2) is 5.01 Å². The van der Waals surface area contributed by atoms with Crippen molar-refractivity contribution in [2.45, 2.75) is 0 Å². The molecule has 0 bridgehead atoms. The van der Waals surface area contributed by atoms with Gasteiger partial charge in [0.1, 0.15) is 0 Å². The number of para-hydroxylation sites is 1. The third-order valence-corrected chi connectivity index (χ3v) is 4.59. The van der Waals surface area contributed by atoms with Gasteiger partial charge in [0.05, 0.1) is 9.96 Å². The molecule has 0 fully saturated rings. The highest BCUT2D eigenvalue weighted by Gasteiger charge is 2.15. The van der Waals surface area contributed by atoms with Gasteiger partial charge in [0, 0.05) is 17.8 Å². The summed E-state index contributed by atoms with van der Waals surface area (Å²) in [7, 11) is 0. The van der Waals surface area contributed by atoms with E-state index in [9.17, 15) is 14.9 Å². The molecule has 3 rings (SSSR count). The van der Waals surface area contributed by atoms with Crippen molar-refractivity contribution in [2.24, 2.45) is 0 Å². The predicted octanol–water partition coefficient (Wildman–Crippen LogP) is 4.44. The summed E-state index contributed by atoms with van der Waals surface area (Å²) in [5, 5.41) is 22.0. The predicted molar refractivity (Wildman–Crippen MR) is 101 cm³/mol. The number of nitro groups is 1. The van der Waals surface area contributed by atoms with Gasteiger partial charge >= 0.3 is 0 Å². The molecule has 1 N–H and O–H groups in total. The van der Waals surface area contributed by atoms with E-state index < -0.39 is 4.92 Å². The molecular weight excluding hydrogens is 376 g/mol. The molecule has 1 heterocycles. The number of carbonyl (C=O) groups is 1. The van der Waals surface area contributed by atoms with E-state index in [-0.39, 0.29) is 21.6 Å². The number of anilines is 1. The lowest BCUT2D eigenvalue weighted by Crippen LogP contribution is -2.11. The van der Waals surface area contributed by atoms with Crippen LogP contribution in [0.2, 0.25) is 0 Å². The molecule has 1 aromatic heterocycles. The van der Waals surface area contributed by atoms with Crippen LogP contribution in [0.1, 0.15) is 20.4 Å². The van der Waals surface area contributed by atoms with Crippen LogP contribution >= 0.6 is 22.9 Å². The van der Waals surface area contributed by atoms with Crippen molar-refractivity contribution >= 4 is 51.3 Å². The minimum Gasteiger partial charge on any atom is -0.320 e. The molecule has 3 aromatic rings. The van der Waals surface area contributed by atoms with E-state index >= 15 is 0 Å². The third-order valence-electron chi connectivity index (χ3n) is 3.23. The van der Waals surface area contributed by atoms with E-state index in [4.69, 9.17) is 11.6 Å². The van der Waals surface area contributed by atoms with Gasteiger partial charge in [0.25, 0.3) is 11.6 Å². The Labute approximate surface area is 157 Å². The molecule has 0 saturated carbocycles. The summed E-state index contributed by atoms with van der Waals surface area (Å²) < 4.78 is 0. The van der Waals surface area contributed by atoms with Crippen LogP contribution in [0.5, 0.6) is 0 Å². The normalized spacial score (nSPS) is 11.2. The Morgan fingerprint density at radius 2 is 1.85 bits per heavy atom. The first-order valence-electron chi connectivity index (χ1n) is 7.35. The number of non-ortho nitro benzene ring substituents is 1. The Hall–Kier alpha value is -3.10. The smallest absolute Gasteiger partial charge is 0.286 e. The van der Waals surface area contributed by atoms with Crippen molar-refractivity contribution in [2.75, 3.05) is 5.32 Å². The van der Waals surface area contributed by atoms with Gasteiger partial charge in [-0.05, 0) is 23.8 Å². The number of aromatic nitrogens is 2. The van der Waals surface area contributed by atoms with Gasteiger partial charge in [-0.2, -0.15) is 0 Å². The second kappa shape index (κ2) is 7.85. The molecule has 9 heteroatoms. The zero-order valence-electron chi connectivity index (χ0n) is 13.1. The number of nitrogens with one attached hydrogen (secondary N) is 1. The fourth-order valence-electron chi connectivity index (χ4n) is 2.05. The number of carbonyl (C=O) groups excluding carboxylic acids is 1. The number of amides is 1. The lowest BCUT2D eigenvalue weighted by atomic mass is 10.2.